The van der Waals surface area contributed by atoms with Crippen LogP contribution in [-0.4, -0.2) is 0 Å². The van der Waals surface area contributed by atoms with Crippen LogP contribution in [0.3, 0.4) is 0 Å². The number of fused-ring (bicyclic) bond motifs is 1. The summed E-state index contributed by atoms with van der Waals surface area (Å²) in [5, 5.41) is 1.11. The highest BCUT2D eigenvalue weighted by Crippen LogP contribution is 2.28. The van der Waals surface area contributed by atoms with E-state index in [9.17, 15) is 0 Å². The van der Waals surface area contributed by atoms with Crippen molar-refractivity contribution in [3.63, 3.8) is 0 Å². The van der Waals surface area contributed by atoms with Gasteiger partial charge in [0.25, 0.3) is 0 Å². The molecule has 0 aliphatic heterocycles. The maximum Gasteiger partial charge on any atom is 0.135 e. The molecule has 1 aromatic heterocycles. The van der Waals surface area contributed by atoms with Gasteiger partial charge in [0.05, 0.1) is 0 Å². The minimum Gasteiger partial charge on any atom is -0.456 e. The van der Waals surface area contributed by atoms with Crippen LogP contribution in [0.2, 0.25) is 0 Å². The van der Waals surface area contributed by atoms with Crippen molar-refractivity contribution in [2.24, 2.45) is 0 Å². The highest BCUT2D eigenvalue weighted by Gasteiger charge is 2.08. The minimum atomic E-state index is 0.799. The van der Waals surface area contributed by atoms with E-state index in [2.05, 4.69) is 38.3 Å². The van der Waals surface area contributed by atoms with Crippen molar-refractivity contribution in [1.82, 2.24) is 0 Å². The Labute approximate surface area is 117 Å². The average Bonchev–Trinajstić information content (AvgIpc) is 2.87. The average molecular weight is 258 g/mol. The number of benzene rings is 1. The molecule has 0 aliphatic carbocycles. The van der Waals surface area contributed by atoms with Crippen LogP contribution >= 0.6 is 0 Å². The molecule has 0 amide bonds. The number of rotatable bonds is 3. The number of furan rings is 1. The van der Waals surface area contributed by atoms with E-state index in [-0.39, 0.29) is 0 Å². The fraction of sp³-hybridized carbons (Fsp3) is 0.333. The maximum absolute atomic E-state index is 5.69. The van der Waals surface area contributed by atoms with Gasteiger partial charge in [0.1, 0.15) is 11.3 Å². The smallest absolute Gasteiger partial charge is 0.135 e. The molecule has 0 fully saturated rings. The molecule has 1 aromatic carbocycles. The zero-order valence-corrected chi connectivity index (χ0v) is 12.9. The second kappa shape index (κ2) is 9.21. The highest BCUT2D eigenvalue weighted by molar-refractivity contribution is 5.90. The lowest BCUT2D eigenvalue weighted by atomic mass is 10.1. The van der Waals surface area contributed by atoms with Crippen molar-refractivity contribution >= 4 is 23.1 Å². The third kappa shape index (κ3) is 3.85. The van der Waals surface area contributed by atoms with E-state index in [1.807, 2.05) is 33.8 Å². The molecule has 0 aliphatic rings. The van der Waals surface area contributed by atoms with Gasteiger partial charge in [-0.05, 0) is 24.1 Å². The molecule has 19 heavy (non-hydrogen) atoms. The van der Waals surface area contributed by atoms with E-state index in [0.29, 0.717) is 0 Å². The predicted molar refractivity (Wildman–Crippen MR) is 88.5 cm³/mol. The molecule has 104 valence electrons. The Morgan fingerprint density at radius 3 is 2.16 bits per heavy atom. The molecule has 0 bridgehead atoms. The Bertz CT molecular complexity index is 518. The van der Waals surface area contributed by atoms with Gasteiger partial charge in [0, 0.05) is 10.9 Å². The highest BCUT2D eigenvalue weighted by atomic mass is 16.3. The first-order valence-corrected chi connectivity index (χ1v) is 7.10. The van der Waals surface area contributed by atoms with E-state index in [1.165, 1.54) is 5.56 Å². The summed E-state index contributed by atoms with van der Waals surface area (Å²) in [6.07, 6.45) is 4.56. The van der Waals surface area contributed by atoms with Crippen molar-refractivity contribution in [2.45, 2.75) is 41.0 Å². The maximum atomic E-state index is 5.69. The summed E-state index contributed by atoms with van der Waals surface area (Å²) < 4.78 is 5.69. The minimum absolute atomic E-state index is 0.799. The Hall–Kier alpha value is -1.76. The zero-order chi connectivity index (χ0) is 14.8. The summed E-state index contributed by atoms with van der Waals surface area (Å²) in [6, 6.07) is 6.29. The van der Waals surface area contributed by atoms with Gasteiger partial charge >= 0.3 is 0 Å². The third-order valence-corrected chi connectivity index (χ3v) is 2.62. The summed E-state index contributed by atoms with van der Waals surface area (Å²) in [4.78, 5) is 0. The Kier molecular flexibility index (Phi) is 8.35. The van der Waals surface area contributed by atoms with Crippen LogP contribution in [0.5, 0.6) is 0 Å². The van der Waals surface area contributed by atoms with Crippen molar-refractivity contribution < 1.29 is 4.42 Å². The van der Waals surface area contributed by atoms with Crippen molar-refractivity contribution in [2.75, 3.05) is 0 Å². The Morgan fingerprint density at radius 1 is 1.05 bits per heavy atom. The van der Waals surface area contributed by atoms with Crippen molar-refractivity contribution in [3.8, 4) is 0 Å². The number of hydrogen-bond acceptors (Lipinski definition) is 1. The second-order valence-corrected chi connectivity index (χ2v) is 3.47. The lowest BCUT2D eigenvalue weighted by Crippen LogP contribution is -1.78. The lowest BCUT2D eigenvalue weighted by molar-refractivity contribution is 0.603. The molecule has 0 N–H and O–H groups in total. The molecule has 0 saturated carbocycles. The quantitative estimate of drug-likeness (QED) is 0.626. The molecular weight excluding hydrogens is 232 g/mol. The van der Waals surface area contributed by atoms with E-state index >= 15 is 0 Å². The summed E-state index contributed by atoms with van der Waals surface area (Å²) in [5.74, 6) is 0.799. The SMILES string of the molecule is C=Cc1oc2cc(CC)ccc2c1C=C.CC.CC. The second-order valence-electron chi connectivity index (χ2n) is 3.47. The molecule has 0 spiro atoms. The molecule has 1 heterocycles. The molecule has 2 aromatic rings. The lowest BCUT2D eigenvalue weighted by Gasteiger charge is -1.95. The van der Waals surface area contributed by atoms with Gasteiger partial charge in [-0.15, -0.1) is 0 Å². The van der Waals surface area contributed by atoms with Crippen LogP contribution in [0, 0.1) is 0 Å². The molecule has 0 unspecified atom stereocenters. The van der Waals surface area contributed by atoms with E-state index in [4.69, 9.17) is 4.42 Å². The van der Waals surface area contributed by atoms with Crippen LogP contribution in [0.1, 0.15) is 51.5 Å². The van der Waals surface area contributed by atoms with E-state index < -0.39 is 0 Å². The first-order chi connectivity index (χ1) is 9.30. The van der Waals surface area contributed by atoms with Gasteiger partial charge in [-0.1, -0.05) is 66.0 Å². The van der Waals surface area contributed by atoms with Crippen LogP contribution in [0.25, 0.3) is 23.1 Å². The van der Waals surface area contributed by atoms with Gasteiger partial charge in [-0.3, -0.25) is 0 Å². The first-order valence-electron chi connectivity index (χ1n) is 7.10. The summed E-state index contributed by atoms with van der Waals surface area (Å²) in [5.41, 5.74) is 3.23. The van der Waals surface area contributed by atoms with Gasteiger partial charge < -0.3 is 4.42 Å². The van der Waals surface area contributed by atoms with Crippen molar-refractivity contribution in [1.29, 1.82) is 0 Å². The van der Waals surface area contributed by atoms with Crippen LogP contribution < -0.4 is 0 Å². The van der Waals surface area contributed by atoms with Crippen LogP contribution in [0.4, 0.5) is 0 Å². The molecule has 0 saturated heterocycles. The summed E-state index contributed by atoms with van der Waals surface area (Å²) >= 11 is 0. The van der Waals surface area contributed by atoms with E-state index in [0.717, 1.165) is 28.7 Å². The number of hydrogen-bond donors (Lipinski definition) is 0. The zero-order valence-electron chi connectivity index (χ0n) is 12.9. The molecule has 0 radical (unpaired) electrons. The van der Waals surface area contributed by atoms with Gasteiger partial charge in [0.2, 0.25) is 0 Å². The summed E-state index contributed by atoms with van der Waals surface area (Å²) in [6.45, 7) is 17.7. The first kappa shape index (κ1) is 17.2. The molecule has 2 rings (SSSR count). The topological polar surface area (TPSA) is 13.1 Å². The summed E-state index contributed by atoms with van der Waals surface area (Å²) in [7, 11) is 0. The Balaban J connectivity index is 0.000000741. The molecular formula is C18H26O. The van der Waals surface area contributed by atoms with E-state index in [1.54, 1.807) is 6.08 Å². The molecule has 1 heteroatoms. The largest absolute Gasteiger partial charge is 0.456 e. The van der Waals surface area contributed by atoms with Gasteiger partial charge in [-0.2, -0.15) is 0 Å². The Morgan fingerprint density at radius 2 is 1.68 bits per heavy atom. The third-order valence-electron chi connectivity index (χ3n) is 2.62. The van der Waals surface area contributed by atoms with Gasteiger partial charge in [-0.25, -0.2) is 0 Å². The van der Waals surface area contributed by atoms with Crippen LogP contribution in [0.15, 0.2) is 35.8 Å². The normalized spacial score (nSPS) is 8.89. The number of aryl methyl sites for hydroxylation is 1. The van der Waals surface area contributed by atoms with Crippen molar-refractivity contribution in [3.05, 3.63) is 48.2 Å². The standard InChI is InChI=1S/C14H14O.2C2H6/c1-4-10-7-8-12-11(5-2)13(6-3)15-14(12)9-10;2*1-2/h5-9H,2-4H2,1H3;2*1-2H3. The fourth-order valence-electron chi connectivity index (χ4n) is 1.76. The van der Waals surface area contributed by atoms with Gasteiger partial charge in [0.15, 0.2) is 0 Å². The molecule has 1 nitrogen and oxygen atoms in total. The molecule has 0 atom stereocenters. The fourth-order valence-corrected chi connectivity index (χ4v) is 1.76. The monoisotopic (exact) mass is 258 g/mol. The van der Waals surface area contributed by atoms with Crippen LogP contribution in [-0.2, 0) is 6.42 Å². The predicted octanol–water partition coefficient (Wildman–Crippen LogP) is 6.33.